The van der Waals surface area contributed by atoms with Gasteiger partial charge in [0.1, 0.15) is 11.4 Å². The standard InChI is InChI=1S/C18H21N3O4/c1-24-9-7-14-12-21(8-10-25-14)18(23)15-11-19-16(20-17(15)22)13-5-3-2-4-6-13/h2-6,11,14H,7-10,12H2,1H3,(H,19,20,22)/t14-/m1/s1. The molecule has 1 aliphatic rings. The molecule has 0 unspecified atom stereocenters. The summed E-state index contributed by atoms with van der Waals surface area (Å²) < 4.78 is 10.7. The zero-order valence-corrected chi connectivity index (χ0v) is 14.1. The summed E-state index contributed by atoms with van der Waals surface area (Å²) >= 11 is 0. The van der Waals surface area contributed by atoms with E-state index < -0.39 is 5.56 Å². The van der Waals surface area contributed by atoms with Crippen LogP contribution >= 0.6 is 0 Å². The summed E-state index contributed by atoms with van der Waals surface area (Å²) in [4.78, 5) is 33.6. The molecule has 132 valence electrons. The van der Waals surface area contributed by atoms with Gasteiger partial charge in [0, 0.05) is 38.6 Å². The lowest BCUT2D eigenvalue weighted by atomic mass is 10.2. The van der Waals surface area contributed by atoms with E-state index >= 15 is 0 Å². The van der Waals surface area contributed by atoms with Gasteiger partial charge in [0.05, 0.1) is 12.7 Å². The Labute approximate surface area is 145 Å². The molecule has 1 saturated heterocycles. The molecule has 1 aliphatic heterocycles. The van der Waals surface area contributed by atoms with Crippen LogP contribution in [0.5, 0.6) is 0 Å². The Kier molecular flexibility index (Phi) is 5.57. The second-order valence-corrected chi connectivity index (χ2v) is 5.87. The number of aromatic amines is 1. The fraction of sp³-hybridized carbons (Fsp3) is 0.389. The van der Waals surface area contributed by atoms with E-state index in [2.05, 4.69) is 9.97 Å². The van der Waals surface area contributed by atoms with Gasteiger partial charge < -0.3 is 19.4 Å². The van der Waals surface area contributed by atoms with Gasteiger partial charge in [-0.3, -0.25) is 9.59 Å². The fourth-order valence-electron chi connectivity index (χ4n) is 2.79. The molecule has 25 heavy (non-hydrogen) atoms. The molecule has 1 N–H and O–H groups in total. The molecule has 1 fully saturated rings. The van der Waals surface area contributed by atoms with E-state index in [9.17, 15) is 9.59 Å². The molecule has 1 atom stereocenters. The lowest BCUT2D eigenvalue weighted by molar-refractivity contribution is -0.0333. The number of nitrogens with zero attached hydrogens (tertiary/aromatic N) is 2. The van der Waals surface area contributed by atoms with Crippen LogP contribution in [0.15, 0.2) is 41.3 Å². The van der Waals surface area contributed by atoms with Gasteiger partial charge in [-0.2, -0.15) is 0 Å². The monoisotopic (exact) mass is 343 g/mol. The molecular formula is C18H21N3O4. The van der Waals surface area contributed by atoms with Crippen molar-refractivity contribution < 1.29 is 14.3 Å². The number of nitrogens with one attached hydrogen (secondary N) is 1. The Morgan fingerprint density at radius 1 is 1.40 bits per heavy atom. The molecule has 0 aliphatic carbocycles. The molecule has 0 radical (unpaired) electrons. The SMILES string of the molecule is COCC[C@@H]1CN(C(=O)c2cnc(-c3ccccc3)[nH]c2=O)CCO1. The Hall–Kier alpha value is -2.51. The maximum atomic E-state index is 12.7. The molecule has 7 heteroatoms. The molecule has 2 heterocycles. The molecule has 0 saturated carbocycles. The second kappa shape index (κ2) is 8.04. The number of methoxy groups -OCH3 is 1. The highest BCUT2D eigenvalue weighted by atomic mass is 16.5. The number of carbonyl (C=O) groups is 1. The molecule has 0 spiro atoms. The predicted octanol–water partition coefficient (Wildman–Crippen LogP) is 1.31. The van der Waals surface area contributed by atoms with Crippen molar-refractivity contribution in [2.75, 3.05) is 33.4 Å². The summed E-state index contributed by atoms with van der Waals surface area (Å²) in [5, 5.41) is 0. The first kappa shape index (κ1) is 17.3. The topological polar surface area (TPSA) is 84.5 Å². The molecule has 7 nitrogen and oxygen atoms in total. The Balaban J connectivity index is 1.75. The van der Waals surface area contributed by atoms with Crippen LogP contribution in [0.25, 0.3) is 11.4 Å². The van der Waals surface area contributed by atoms with Crippen molar-refractivity contribution in [1.29, 1.82) is 0 Å². The van der Waals surface area contributed by atoms with E-state index in [4.69, 9.17) is 9.47 Å². The molecule has 2 aromatic rings. The summed E-state index contributed by atoms with van der Waals surface area (Å²) in [5.74, 6) is 0.126. The van der Waals surface area contributed by atoms with Crippen molar-refractivity contribution in [2.45, 2.75) is 12.5 Å². The number of hydrogen-bond acceptors (Lipinski definition) is 5. The maximum Gasteiger partial charge on any atom is 0.264 e. The van der Waals surface area contributed by atoms with E-state index in [1.165, 1.54) is 6.20 Å². The van der Waals surface area contributed by atoms with Crippen LogP contribution in [0.2, 0.25) is 0 Å². The Bertz CT molecular complexity index is 775. The highest BCUT2D eigenvalue weighted by molar-refractivity contribution is 5.93. The molecule has 1 amide bonds. The Morgan fingerprint density at radius 2 is 2.20 bits per heavy atom. The lowest BCUT2D eigenvalue weighted by Gasteiger charge is -2.32. The first-order chi connectivity index (χ1) is 12.2. The fourth-order valence-corrected chi connectivity index (χ4v) is 2.79. The number of morpholine rings is 1. The normalized spacial score (nSPS) is 17.5. The van der Waals surface area contributed by atoms with Crippen LogP contribution < -0.4 is 5.56 Å². The van der Waals surface area contributed by atoms with Crippen molar-refractivity contribution in [1.82, 2.24) is 14.9 Å². The predicted molar refractivity (Wildman–Crippen MR) is 92.4 cm³/mol. The van der Waals surface area contributed by atoms with Crippen LogP contribution in [0, 0.1) is 0 Å². The summed E-state index contributed by atoms with van der Waals surface area (Å²) in [7, 11) is 1.63. The third-order valence-electron chi connectivity index (χ3n) is 4.15. The highest BCUT2D eigenvalue weighted by Crippen LogP contribution is 2.14. The highest BCUT2D eigenvalue weighted by Gasteiger charge is 2.26. The summed E-state index contributed by atoms with van der Waals surface area (Å²) in [6, 6.07) is 9.31. The second-order valence-electron chi connectivity index (χ2n) is 5.87. The molecule has 0 bridgehead atoms. The van der Waals surface area contributed by atoms with Crippen LogP contribution in [0.3, 0.4) is 0 Å². The van der Waals surface area contributed by atoms with E-state index in [0.717, 1.165) is 5.56 Å². The number of carbonyl (C=O) groups excluding carboxylic acids is 1. The molecular weight excluding hydrogens is 322 g/mol. The maximum absolute atomic E-state index is 12.7. The average molecular weight is 343 g/mol. The number of aromatic nitrogens is 2. The van der Waals surface area contributed by atoms with Gasteiger partial charge in [-0.15, -0.1) is 0 Å². The number of H-pyrrole nitrogens is 1. The first-order valence-corrected chi connectivity index (χ1v) is 8.23. The van der Waals surface area contributed by atoms with Gasteiger partial charge in [0.25, 0.3) is 11.5 Å². The number of ether oxygens (including phenoxy) is 2. The van der Waals surface area contributed by atoms with Crippen LogP contribution in [-0.2, 0) is 9.47 Å². The number of amides is 1. The van der Waals surface area contributed by atoms with E-state index in [1.54, 1.807) is 12.0 Å². The lowest BCUT2D eigenvalue weighted by Crippen LogP contribution is -2.47. The molecule has 1 aromatic heterocycles. The van der Waals surface area contributed by atoms with Crippen molar-refractivity contribution >= 4 is 5.91 Å². The zero-order valence-electron chi connectivity index (χ0n) is 14.1. The van der Waals surface area contributed by atoms with E-state index in [-0.39, 0.29) is 17.6 Å². The van der Waals surface area contributed by atoms with Crippen LogP contribution in [-0.4, -0.2) is 60.3 Å². The van der Waals surface area contributed by atoms with Crippen molar-refractivity contribution in [3.8, 4) is 11.4 Å². The average Bonchev–Trinajstić information content (AvgIpc) is 2.66. The van der Waals surface area contributed by atoms with Crippen molar-refractivity contribution in [3.05, 3.63) is 52.4 Å². The smallest absolute Gasteiger partial charge is 0.264 e. The quantitative estimate of drug-likeness (QED) is 0.885. The van der Waals surface area contributed by atoms with Gasteiger partial charge in [0.2, 0.25) is 0 Å². The number of hydrogen-bond donors (Lipinski definition) is 1. The minimum Gasteiger partial charge on any atom is -0.385 e. The molecule has 1 aromatic carbocycles. The minimum absolute atomic E-state index is 0.0482. The third kappa shape index (κ3) is 4.12. The summed E-state index contributed by atoms with van der Waals surface area (Å²) in [5.41, 5.74) is 0.412. The Morgan fingerprint density at radius 3 is 2.92 bits per heavy atom. The van der Waals surface area contributed by atoms with Gasteiger partial charge in [-0.25, -0.2) is 4.98 Å². The first-order valence-electron chi connectivity index (χ1n) is 8.23. The third-order valence-corrected chi connectivity index (χ3v) is 4.15. The van der Waals surface area contributed by atoms with Crippen LogP contribution in [0.4, 0.5) is 0 Å². The zero-order chi connectivity index (χ0) is 17.6. The largest absolute Gasteiger partial charge is 0.385 e. The number of rotatable bonds is 5. The van der Waals surface area contributed by atoms with Gasteiger partial charge in [-0.1, -0.05) is 30.3 Å². The van der Waals surface area contributed by atoms with E-state index in [1.807, 2.05) is 30.3 Å². The molecule has 3 rings (SSSR count). The van der Waals surface area contributed by atoms with Crippen molar-refractivity contribution in [3.63, 3.8) is 0 Å². The van der Waals surface area contributed by atoms with Gasteiger partial charge >= 0.3 is 0 Å². The van der Waals surface area contributed by atoms with Crippen molar-refractivity contribution in [2.24, 2.45) is 0 Å². The van der Waals surface area contributed by atoms with Gasteiger partial charge in [-0.05, 0) is 6.42 Å². The summed E-state index contributed by atoms with van der Waals surface area (Å²) in [6.07, 6.45) is 1.98. The van der Waals surface area contributed by atoms with Crippen LogP contribution in [0.1, 0.15) is 16.8 Å². The number of benzene rings is 1. The minimum atomic E-state index is -0.432. The van der Waals surface area contributed by atoms with Gasteiger partial charge in [0.15, 0.2) is 0 Å². The van der Waals surface area contributed by atoms with E-state index in [0.29, 0.717) is 38.5 Å². The summed E-state index contributed by atoms with van der Waals surface area (Å²) in [6.45, 7) is 1.93.